The van der Waals surface area contributed by atoms with Gasteiger partial charge in [0.15, 0.2) is 0 Å². The van der Waals surface area contributed by atoms with Gasteiger partial charge in [0.05, 0.1) is 23.0 Å². The molecule has 0 amide bonds. The molecule has 0 unspecified atom stereocenters. The summed E-state index contributed by atoms with van der Waals surface area (Å²) in [7, 11) is 0. The van der Waals surface area contributed by atoms with Crippen molar-refractivity contribution >= 4 is 29.2 Å². The molecule has 1 heterocycles. The van der Waals surface area contributed by atoms with E-state index in [-0.39, 0.29) is 45.5 Å². The maximum Gasteiger partial charge on any atom is 0.304 e. The minimum Gasteiger partial charge on any atom is -0.481 e. The number of nitrogens with zero attached hydrogens (tertiary/aromatic N) is 1. The molecular weight excluding hydrogens is 457 g/mol. The van der Waals surface area contributed by atoms with Crippen LogP contribution in [-0.4, -0.2) is 29.1 Å². The summed E-state index contributed by atoms with van der Waals surface area (Å²) in [6, 6.07) is 8.12. The number of likely N-dealkylation sites (tertiary alicyclic amines) is 1. The van der Waals surface area contributed by atoms with E-state index < -0.39 is 29.2 Å². The van der Waals surface area contributed by atoms with E-state index in [1.165, 1.54) is 12.1 Å². The van der Waals surface area contributed by atoms with Crippen molar-refractivity contribution in [1.29, 1.82) is 0 Å². The molecule has 8 heteroatoms. The topological polar surface area (TPSA) is 66.6 Å². The molecule has 0 spiro atoms. The van der Waals surface area contributed by atoms with Crippen LogP contribution in [0, 0.1) is 23.0 Å². The Morgan fingerprint density at radius 2 is 1.94 bits per heavy atom. The van der Waals surface area contributed by atoms with Crippen LogP contribution in [-0.2, 0) is 10.3 Å². The largest absolute Gasteiger partial charge is 0.481 e. The molecule has 2 aromatic rings. The predicted octanol–water partition coefficient (Wildman–Crippen LogP) is 6.01. The first-order chi connectivity index (χ1) is 14.8. The van der Waals surface area contributed by atoms with Crippen LogP contribution < -0.4 is 5.73 Å². The normalized spacial score (nSPS) is 24.1. The summed E-state index contributed by atoms with van der Waals surface area (Å²) in [6.07, 6.45) is 0.466. The maximum atomic E-state index is 15.3. The number of hydrogen-bond acceptors (Lipinski definition) is 3. The van der Waals surface area contributed by atoms with E-state index in [2.05, 4.69) is 20.8 Å². The van der Waals surface area contributed by atoms with Gasteiger partial charge in [-0.15, -0.1) is 0 Å². The predicted molar refractivity (Wildman–Crippen MR) is 123 cm³/mol. The molecule has 3 N–H and O–H groups in total. The molecule has 1 aliphatic heterocycles. The van der Waals surface area contributed by atoms with Crippen LogP contribution in [0.2, 0.25) is 10.0 Å². The number of rotatable bonds is 6. The summed E-state index contributed by atoms with van der Waals surface area (Å²) >= 11 is 12.1. The minimum absolute atomic E-state index is 0.0705. The highest BCUT2D eigenvalue weighted by Gasteiger charge is 2.55. The van der Waals surface area contributed by atoms with E-state index in [0.717, 1.165) is 0 Å². The monoisotopic (exact) mass is 484 g/mol. The molecule has 3 atom stereocenters. The van der Waals surface area contributed by atoms with Gasteiger partial charge in [0.1, 0.15) is 11.6 Å². The van der Waals surface area contributed by atoms with Crippen molar-refractivity contribution in [1.82, 2.24) is 4.90 Å². The van der Waals surface area contributed by atoms with Crippen molar-refractivity contribution in [2.24, 2.45) is 17.1 Å². The fourth-order valence-electron chi connectivity index (χ4n) is 4.89. The standard InChI is InChI=1S/C24H28Cl2F2N2O2/c1-23(2,3)12-14-13-30(10-9-20(31)32)22(16-5-4-6-18(26)21(16)28)24(14,29)17-8-7-15(25)11-19(17)27/h4-8,11,14,22H,9-10,12-13,29H2,1-3H3,(H,31,32)/t14-,22-,24+/m1/s1. The smallest absolute Gasteiger partial charge is 0.304 e. The van der Waals surface area contributed by atoms with Gasteiger partial charge in [0.25, 0.3) is 0 Å². The van der Waals surface area contributed by atoms with E-state index in [1.807, 2.05) is 4.90 Å². The highest BCUT2D eigenvalue weighted by atomic mass is 35.5. The van der Waals surface area contributed by atoms with Crippen molar-refractivity contribution in [3.05, 3.63) is 69.2 Å². The average molecular weight is 485 g/mol. The van der Waals surface area contributed by atoms with Gasteiger partial charge >= 0.3 is 5.97 Å². The zero-order valence-electron chi connectivity index (χ0n) is 18.3. The lowest BCUT2D eigenvalue weighted by Gasteiger charge is -2.40. The first kappa shape index (κ1) is 24.9. The molecule has 1 saturated heterocycles. The summed E-state index contributed by atoms with van der Waals surface area (Å²) < 4.78 is 30.5. The van der Waals surface area contributed by atoms with Crippen molar-refractivity contribution in [2.75, 3.05) is 13.1 Å². The lowest BCUT2D eigenvalue weighted by molar-refractivity contribution is -0.137. The summed E-state index contributed by atoms with van der Waals surface area (Å²) in [4.78, 5) is 13.2. The Bertz CT molecular complexity index is 1010. The van der Waals surface area contributed by atoms with Gasteiger partial charge < -0.3 is 10.8 Å². The van der Waals surface area contributed by atoms with Gasteiger partial charge in [-0.3, -0.25) is 9.69 Å². The fourth-order valence-corrected chi connectivity index (χ4v) is 5.23. The summed E-state index contributed by atoms with van der Waals surface area (Å²) in [5, 5.41) is 9.44. The third-order valence-corrected chi connectivity index (χ3v) is 6.62. The molecule has 174 valence electrons. The molecule has 0 bridgehead atoms. The Labute approximate surface area is 197 Å². The molecule has 1 fully saturated rings. The van der Waals surface area contributed by atoms with E-state index in [9.17, 15) is 9.90 Å². The lowest BCUT2D eigenvalue weighted by Crippen LogP contribution is -2.48. The lowest BCUT2D eigenvalue weighted by atomic mass is 9.69. The Morgan fingerprint density at radius 3 is 2.53 bits per heavy atom. The fraction of sp³-hybridized carbons (Fsp3) is 0.458. The van der Waals surface area contributed by atoms with Crippen LogP contribution >= 0.6 is 23.2 Å². The molecule has 0 aromatic heterocycles. The second kappa shape index (κ2) is 9.26. The molecule has 0 aliphatic carbocycles. The van der Waals surface area contributed by atoms with Gasteiger partial charge in [-0.2, -0.15) is 0 Å². The molecule has 2 aromatic carbocycles. The number of aliphatic carboxylic acids is 1. The van der Waals surface area contributed by atoms with Crippen LogP contribution in [0.4, 0.5) is 8.78 Å². The summed E-state index contributed by atoms with van der Waals surface area (Å²) in [6.45, 7) is 6.70. The van der Waals surface area contributed by atoms with Crippen molar-refractivity contribution in [3.63, 3.8) is 0 Å². The number of halogens is 4. The van der Waals surface area contributed by atoms with E-state index in [4.69, 9.17) is 28.9 Å². The van der Waals surface area contributed by atoms with Crippen LogP contribution in [0.15, 0.2) is 36.4 Å². The number of carboxylic acid groups (broad SMARTS) is 1. The third kappa shape index (κ3) is 4.93. The Balaban J connectivity index is 2.25. The molecule has 4 nitrogen and oxygen atoms in total. The maximum absolute atomic E-state index is 15.3. The van der Waals surface area contributed by atoms with Gasteiger partial charge in [-0.1, -0.05) is 62.2 Å². The zero-order valence-corrected chi connectivity index (χ0v) is 19.9. The van der Waals surface area contributed by atoms with Crippen molar-refractivity contribution < 1.29 is 18.7 Å². The van der Waals surface area contributed by atoms with Crippen LogP contribution in [0.3, 0.4) is 0 Å². The number of hydrogen-bond donors (Lipinski definition) is 2. The number of benzene rings is 2. The van der Waals surface area contributed by atoms with Crippen LogP contribution in [0.1, 0.15) is 50.8 Å². The molecule has 32 heavy (non-hydrogen) atoms. The second-order valence-electron chi connectivity index (χ2n) is 9.70. The average Bonchev–Trinajstić information content (AvgIpc) is 2.93. The molecule has 1 aliphatic rings. The zero-order chi connectivity index (χ0) is 23.8. The molecule has 0 radical (unpaired) electrons. The first-order valence-electron chi connectivity index (χ1n) is 10.5. The molecule has 3 rings (SSSR count). The van der Waals surface area contributed by atoms with Gasteiger partial charge in [-0.05, 0) is 36.0 Å². The minimum atomic E-state index is -1.34. The van der Waals surface area contributed by atoms with Crippen molar-refractivity contribution in [3.8, 4) is 0 Å². The number of carbonyl (C=O) groups is 1. The first-order valence-corrected chi connectivity index (χ1v) is 11.2. The SMILES string of the molecule is CC(C)(C)C[C@@H]1CN(CCC(=O)O)[C@H](c2cccc(Cl)c2F)[C@@]1(N)c1ccc(Cl)cc1F. The quantitative estimate of drug-likeness (QED) is 0.526. The number of carboxylic acids is 1. The summed E-state index contributed by atoms with van der Waals surface area (Å²) in [5.41, 5.74) is 6.04. The Morgan fingerprint density at radius 1 is 1.25 bits per heavy atom. The van der Waals surface area contributed by atoms with Crippen LogP contribution in [0.5, 0.6) is 0 Å². The summed E-state index contributed by atoms with van der Waals surface area (Å²) in [5.74, 6) is -2.48. The third-order valence-electron chi connectivity index (χ3n) is 6.09. The van der Waals surface area contributed by atoms with Crippen LogP contribution in [0.25, 0.3) is 0 Å². The van der Waals surface area contributed by atoms with E-state index >= 15 is 8.78 Å². The second-order valence-corrected chi connectivity index (χ2v) is 10.5. The molecular formula is C24H28Cl2F2N2O2. The Kier molecular flexibility index (Phi) is 7.20. The van der Waals surface area contributed by atoms with Gasteiger partial charge in [-0.25, -0.2) is 8.78 Å². The highest BCUT2D eigenvalue weighted by Crippen LogP contribution is 2.53. The molecule has 0 saturated carbocycles. The number of nitrogens with two attached hydrogens (primary N) is 1. The van der Waals surface area contributed by atoms with E-state index in [0.29, 0.717) is 13.0 Å². The van der Waals surface area contributed by atoms with Crippen molar-refractivity contribution in [2.45, 2.75) is 45.2 Å². The Hall–Kier alpha value is -1.73. The van der Waals surface area contributed by atoms with Gasteiger partial charge in [0.2, 0.25) is 0 Å². The van der Waals surface area contributed by atoms with E-state index in [1.54, 1.807) is 24.3 Å². The van der Waals surface area contributed by atoms with Gasteiger partial charge in [0, 0.05) is 29.2 Å². The highest BCUT2D eigenvalue weighted by molar-refractivity contribution is 6.31.